The summed E-state index contributed by atoms with van der Waals surface area (Å²) in [6.07, 6.45) is -3.64. The number of halogens is 4. The molecule has 0 atom stereocenters. The Labute approximate surface area is 125 Å². The molecule has 0 saturated carbocycles. The Morgan fingerprint density at radius 2 is 1.81 bits per heavy atom. The lowest BCUT2D eigenvalue weighted by Crippen LogP contribution is -2.31. The van der Waals surface area contributed by atoms with Crippen LogP contribution in [0.5, 0.6) is 0 Å². The van der Waals surface area contributed by atoms with Gasteiger partial charge in [-0.3, -0.25) is 0 Å². The van der Waals surface area contributed by atoms with Gasteiger partial charge in [-0.2, -0.15) is 13.2 Å². The molecule has 0 bridgehead atoms. The lowest BCUT2D eigenvalue weighted by molar-refractivity contribution is -0.137. The van der Waals surface area contributed by atoms with Crippen molar-refractivity contribution in [3.05, 3.63) is 58.2 Å². The fourth-order valence-electron chi connectivity index (χ4n) is 2.50. The standard InChI is InChI=1S/C15H12ClF3N2/c16-13-7-12(15(17,18)19)8-14(20-13)21-6-5-10-3-1-2-4-11(10)9-21/h1-4,7-8H,5-6,9H2. The zero-order chi connectivity index (χ0) is 15.0. The lowest BCUT2D eigenvalue weighted by Gasteiger charge is -2.30. The summed E-state index contributed by atoms with van der Waals surface area (Å²) in [5.41, 5.74) is 1.57. The van der Waals surface area contributed by atoms with E-state index in [2.05, 4.69) is 4.98 Å². The Hall–Kier alpha value is -1.75. The highest BCUT2D eigenvalue weighted by molar-refractivity contribution is 6.29. The Kier molecular flexibility index (Phi) is 3.53. The van der Waals surface area contributed by atoms with Gasteiger partial charge in [-0.25, -0.2) is 4.98 Å². The number of benzene rings is 1. The second-order valence-electron chi connectivity index (χ2n) is 4.97. The maximum absolute atomic E-state index is 12.8. The smallest absolute Gasteiger partial charge is 0.352 e. The highest BCUT2D eigenvalue weighted by Crippen LogP contribution is 2.33. The zero-order valence-corrected chi connectivity index (χ0v) is 11.7. The van der Waals surface area contributed by atoms with Crippen LogP contribution in [-0.2, 0) is 19.1 Å². The molecule has 1 aromatic carbocycles. The Morgan fingerprint density at radius 3 is 2.52 bits per heavy atom. The fourth-order valence-corrected chi connectivity index (χ4v) is 2.70. The number of alkyl halides is 3. The molecule has 2 heterocycles. The first-order chi connectivity index (χ1) is 9.93. The van der Waals surface area contributed by atoms with Gasteiger partial charge in [-0.15, -0.1) is 0 Å². The third-order valence-electron chi connectivity index (χ3n) is 3.56. The first-order valence-corrected chi connectivity index (χ1v) is 6.88. The molecule has 0 radical (unpaired) electrons. The number of fused-ring (bicyclic) bond motifs is 1. The fraction of sp³-hybridized carbons (Fsp3) is 0.267. The van der Waals surface area contributed by atoms with Gasteiger partial charge in [0, 0.05) is 13.1 Å². The van der Waals surface area contributed by atoms with Crippen LogP contribution in [0.2, 0.25) is 5.15 Å². The summed E-state index contributed by atoms with van der Waals surface area (Å²) in [6, 6.07) is 9.82. The minimum Gasteiger partial charge on any atom is -0.352 e. The second-order valence-corrected chi connectivity index (χ2v) is 5.36. The zero-order valence-electron chi connectivity index (χ0n) is 11.0. The summed E-state index contributed by atoms with van der Waals surface area (Å²) < 4.78 is 38.5. The van der Waals surface area contributed by atoms with Crippen LogP contribution in [0, 0.1) is 0 Å². The van der Waals surface area contributed by atoms with Crippen molar-refractivity contribution < 1.29 is 13.2 Å². The van der Waals surface area contributed by atoms with Crippen LogP contribution in [0.15, 0.2) is 36.4 Å². The molecule has 0 saturated heterocycles. The van der Waals surface area contributed by atoms with Crippen molar-refractivity contribution in [2.45, 2.75) is 19.1 Å². The SMILES string of the molecule is FC(F)(F)c1cc(Cl)nc(N2CCc3ccccc3C2)c1. The van der Waals surface area contributed by atoms with Crippen molar-refractivity contribution >= 4 is 17.4 Å². The van der Waals surface area contributed by atoms with E-state index in [0.29, 0.717) is 13.1 Å². The van der Waals surface area contributed by atoms with E-state index in [-0.39, 0.29) is 11.0 Å². The molecule has 0 N–H and O–H groups in total. The van der Waals surface area contributed by atoms with E-state index in [9.17, 15) is 13.2 Å². The molecule has 2 nitrogen and oxygen atoms in total. The molecule has 110 valence electrons. The normalized spacial score (nSPS) is 15.0. The van der Waals surface area contributed by atoms with Gasteiger partial charge in [0.2, 0.25) is 0 Å². The van der Waals surface area contributed by atoms with E-state index in [0.717, 1.165) is 24.1 Å². The van der Waals surface area contributed by atoms with Crippen molar-refractivity contribution in [2.75, 3.05) is 11.4 Å². The molecule has 0 unspecified atom stereocenters. The summed E-state index contributed by atoms with van der Waals surface area (Å²) in [5, 5.41) is -0.140. The van der Waals surface area contributed by atoms with Crippen molar-refractivity contribution in [1.82, 2.24) is 4.98 Å². The van der Waals surface area contributed by atoms with Gasteiger partial charge in [-0.05, 0) is 29.7 Å². The number of hydrogen-bond donors (Lipinski definition) is 0. The average Bonchev–Trinajstić information content (AvgIpc) is 2.45. The lowest BCUT2D eigenvalue weighted by atomic mass is 10.00. The summed E-state index contributed by atoms with van der Waals surface area (Å²) in [6.45, 7) is 1.17. The van der Waals surface area contributed by atoms with Crippen molar-refractivity contribution in [3.8, 4) is 0 Å². The third kappa shape index (κ3) is 2.97. The minimum absolute atomic E-state index is 0.140. The maximum atomic E-state index is 12.8. The van der Waals surface area contributed by atoms with E-state index >= 15 is 0 Å². The highest BCUT2D eigenvalue weighted by Gasteiger charge is 2.32. The molecule has 6 heteroatoms. The van der Waals surface area contributed by atoms with E-state index in [1.165, 1.54) is 5.56 Å². The van der Waals surface area contributed by atoms with Crippen LogP contribution >= 0.6 is 11.6 Å². The Morgan fingerprint density at radius 1 is 1.10 bits per heavy atom. The van der Waals surface area contributed by atoms with Crippen LogP contribution < -0.4 is 4.90 Å². The topological polar surface area (TPSA) is 16.1 Å². The first-order valence-electron chi connectivity index (χ1n) is 6.50. The van der Waals surface area contributed by atoms with Crippen molar-refractivity contribution in [2.24, 2.45) is 0 Å². The van der Waals surface area contributed by atoms with E-state index in [1.807, 2.05) is 29.2 Å². The van der Waals surface area contributed by atoms with Crippen LogP contribution in [-0.4, -0.2) is 11.5 Å². The second kappa shape index (κ2) is 5.22. The Bertz CT molecular complexity index is 670. The molecule has 21 heavy (non-hydrogen) atoms. The maximum Gasteiger partial charge on any atom is 0.416 e. The minimum atomic E-state index is -4.42. The predicted molar refractivity (Wildman–Crippen MR) is 75.4 cm³/mol. The molecule has 0 spiro atoms. The van der Waals surface area contributed by atoms with Gasteiger partial charge in [0.25, 0.3) is 0 Å². The van der Waals surface area contributed by atoms with Crippen LogP contribution in [0.4, 0.5) is 19.0 Å². The summed E-state index contributed by atoms with van der Waals surface area (Å²) in [5.74, 6) is 0.268. The number of aromatic nitrogens is 1. The molecule has 2 aromatic rings. The van der Waals surface area contributed by atoms with Crippen LogP contribution in [0.1, 0.15) is 16.7 Å². The quantitative estimate of drug-likeness (QED) is 0.729. The molecule has 0 aliphatic carbocycles. The molecular weight excluding hydrogens is 301 g/mol. The number of nitrogens with zero attached hydrogens (tertiary/aromatic N) is 2. The monoisotopic (exact) mass is 312 g/mol. The summed E-state index contributed by atoms with van der Waals surface area (Å²) >= 11 is 5.74. The van der Waals surface area contributed by atoms with Crippen molar-refractivity contribution in [3.63, 3.8) is 0 Å². The predicted octanol–water partition coefficient (Wildman–Crippen LogP) is 4.32. The number of rotatable bonds is 1. The summed E-state index contributed by atoms with van der Waals surface area (Å²) in [4.78, 5) is 5.86. The average molecular weight is 313 g/mol. The van der Waals surface area contributed by atoms with Gasteiger partial charge >= 0.3 is 6.18 Å². The third-order valence-corrected chi connectivity index (χ3v) is 3.76. The number of anilines is 1. The molecule has 1 aliphatic rings. The molecule has 1 aromatic heterocycles. The molecule has 0 fully saturated rings. The largest absolute Gasteiger partial charge is 0.416 e. The highest BCUT2D eigenvalue weighted by atomic mass is 35.5. The first kappa shape index (κ1) is 14.2. The molecule has 0 amide bonds. The van der Waals surface area contributed by atoms with Gasteiger partial charge < -0.3 is 4.90 Å². The van der Waals surface area contributed by atoms with Crippen LogP contribution in [0.3, 0.4) is 0 Å². The van der Waals surface area contributed by atoms with Gasteiger partial charge in [-0.1, -0.05) is 35.9 Å². The molecule has 1 aliphatic heterocycles. The van der Waals surface area contributed by atoms with Gasteiger partial charge in [0.05, 0.1) is 5.56 Å². The van der Waals surface area contributed by atoms with Gasteiger partial charge in [0.15, 0.2) is 0 Å². The van der Waals surface area contributed by atoms with E-state index < -0.39 is 11.7 Å². The molecular formula is C15H12ClF3N2. The van der Waals surface area contributed by atoms with Gasteiger partial charge in [0.1, 0.15) is 11.0 Å². The molecule has 3 rings (SSSR count). The number of pyridine rings is 1. The van der Waals surface area contributed by atoms with Crippen molar-refractivity contribution in [1.29, 1.82) is 0 Å². The van der Waals surface area contributed by atoms with Crippen LogP contribution in [0.25, 0.3) is 0 Å². The van der Waals surface area contributed by atoms with E-state index in [1.54, 1.807) is 0 Å². The number of hydrogen-bond acceptors (Lipinski definition) is 2. The van der Waals surface area contributed by atoms with E-state index in [4.69, 9.17) is 11.6 Å². The summed E-state index contributed by atoms with van der Waals surface area (Å²) in [7, 11) is 0. The Balaban J connectivity index is 1.94.